The lowest BCUT2D eigenvalue weighted by Crippen LogP contribution is -2.47. The summed E-state index contributed by atoms with van der Waals surface area (Å²) in [6.45, 7) is 6.35. The summed E-state index contributed by atoms with van der Waals surface area (Å²) in [4.78, 5) is 0. The van der Waals surface area contributed by atoms with Crippen LogP contribution in [0.3, 0.4) is 0 Å². The van der Waals surface area contributed by atoms with Crippen LogP contribution in [0.1, 0.15) is 26.7 Å². The molecule has 0 N–H and O–H groups in total. The number of ether oxygens (including phenoxy) is 3. The average Bonchev–Trinajstić information content (AvgIpc) is 3.00. The average molecular weight is 306 g/mol. The van der Waals surface area contributed by atoms with Crippen molar-refractivity contribution < 1.29 is 23.5 Å². The second-order valence-electron chi connectivity index (χ2n) is 6.59. The van der Waals surface area contributed by atoms with Crippen molar-refractivity contribution in [1.29, 1.82) is 0 Å². The molecule has 6 heteroatoms. The maximum absolute atomic E-state index is 5.91. The van der Waals surface area contributed by atoms with E-state index in [1.54, 1.807) is 7.11 Å². The summed E-state index contributed by atoms with van der Waals surface area (Å²) in [5.74, 6) is 1.36. The molecule has 22 heavy (non-hydrogen) atoms. The first kappa shape index (κ1) is 15.7. The maximum atomic E-state index is 5.91. The largest absolute Gasteiger partial charge is 0.494 e. The Labute approximate surface area is 132 Å². The van der Waals surface area contributed by atoms with Gasteiger partial charge in [-0.05, 0) is 24.0 Å². The second-order valence-corrected chi connectivity index (χ2v) is 6.59. The summed E-state index contributed by atoms with van der Waals surface area (Å²) in [6, 6.07) is 5.75. The Morgan fingerprint density at radius 3 is 2.59 bits per heavy atom. The zero-order valence-electron chi connectivity index (χ0n) is 13.5. The number of rotatable bonds is 4. The van der Waals surface area contributed by atoms with Gasteiger partial charge in [0.15, 0.2) is 17.8 Å². The van der Waals surface area contributed by atoms with E-state index in [1.807, 2.05) is 18.2 Å². The van der Waals surface area contributed by atoms with E-state index in [4.69, 9.17) is 23.5 Å². The number of hydrogen-bond acceptors (Lipinski definition) is 5. The van der Waals surface area contributed by atoms with Gasteiger partial charge in [0, 0.05) is 25.0 Å². The van der Waals surface area contributed by atoms with E-state index < -0.39 is 0 Å². The van der Waals surface area contributed by atoms with E-state index in [1.165, 1.54) is 0 Å². The molecule has 0 spiro atoms. The van der Waals surface area contributed by atoms with Crippen molar-refractivity contribution in [2.45, 2.75) is 33.0 Å². The lowest BCUT2D eigenvalue weighted by molar-refractivity contribution is -0.0402. The molecule has 1 aromatic carbocycles. The number of methoxy groups -OCH3 is 1. The molecule has 2 saturated heterocycles. The van der Waals surface area contributed by atoms with Gasteiger partial charge in [0.2, 0.25) is 0 Å². The van der Waals surface area contributed by atoms with E-state index in [-0.39, 0.29) is 18.8 Å². The highest BCUT2D eigenvalue weighted by molar-refractivity contribution is 6.61. The Morgan fingerprint density at radius 2 is 1.95 bits per heavy atom. The summed E-state index contributed by atoms with van der Waals surface area (Å²) in [6.07, 6.45) is 1.73. The molecular weight excluding hydrogens is 283 g/mol. The van der Waals surface area contributed by atoms with Crippen LogP contribution in [0.15, 0.2) is 18.2 Å². The lowest BCUT2D eigenvalue weighted by Gasteiger charge is -2.33. The van der Waals surface area contributed by atoms with Crippen molar-refractivity contribution >= 4 is 12.6 Å². The summed E-state index contributed by atoms with van der Waals surface area (Å²) in [5.41, 5.74) is 0.990. The Bertz CT molecular complexity index is 503. The molecule has 2 fully saturated rings. The molecule has 1 aromatic rings. The Kier molecular flexibility index (Phi) is 4.61. The highest BCUT2D eigenvalue weighted by Gasteiger charge is 2.34. The second kappa shape index (κ2) is 6.48. The Morgan fingerprint density at radius 1 is 1.18 bits per heavy atom. The van der Waals surface area contributed by atoms with Crippen LogP contribution >= 0.6 is 0 Å². The van der Waals surface area contributed by atoms with Crippen LogP contribution in [0, 0.1) is 5.41 Å². The minimum absolute atomic E-state index is 0.0555. The van der Waals surface area contributed by atoms with Crippen molar-refractivity contribution in [3.05, 3.63) is 18.2 Å². The quantitative estimate of drug-likeness (QED) is 0.796. The lowest BCUT2D eigenvalue weighted by atomic mass is 9.76. The van der Waals surface area contributed by atoms with Crippen molar-refractivity contribution in [2.24, 2.45) is 5.41 Å². The van der Waals surface area contributed by atoms with Gasteiger partial charge in [-0.3, -0.25) is 0 Å². The smallest absolute Gasteiger partial charge is 0.493 e. The SMILES string of the molecule is COc1ccc(B2OCC(C)(C)CO2)cc1OC1CCCO1. The highest BCUT2D eigenvalue weighted by atomic mass is 16.7. The fraction of sp³-hybridized carbons (Fsp3) is 0.625. The zero-order chi connectivity index (χ0) is 15.6. The Balaban J connectivity index is 1.74. The van der Waals surface area contributed by atoms with Crippen LogP contribution in [-0.2, 0) is 14.0 Å². The van der Waals surface area contributed by atoms with Gasteiger partial charge in [-0.1, -0.05) is 19.9 Å². The number of benzene rings is 1. The molecule has 0 saturated carbocycles. The summed E-state index contributed by atoms with van der Waals surface area (Å²) in [7, 11) is 1.28. The van der Waals surface area contributed by atoms with E-state index in [2.05, 4.69) is 13.8 Å². The molecule has 120 valence electrons. The van der Waals surface area contributed by atoms with Crippen molar-refractivity contribution in [2.75, 3.05) is 26.9 Å². The van der Waals surface area contributed by atoms with Gasteiger partial charge < -0.3 is 23.5 Å². The molecular formula is C16H23BO5. The number of hydrogen-bond donors (Lipinski definition) is 0. The van der Waals surface area contributed by atoms with E-state index in [0.717, 1.165) is 24.9 Å². The molecule has 2 aliphatic heterocycles. The summed E-state index contributed by atoms with van der Waals surface area (Å²) < 4.78 is 28.5. The van der Waals surface area contributed by atoms with Crippen molar-refractivity contribution in [3.8, 4) is 11.5 Å². The predicted octanol–water partition coefficient (Wildman–Crippen LogP) is 1.98. The van der Waals surface area contributed by atoms with Gasteiger partial charge >= 0.3 is 7.12 Å². The van der Waals surface area contributed by atoms with Gasteiger partial charge in [-0.15, -0.1) is 0 Å². The fourth-order valence-electron chi connectivity index (χ4n) is 2.60. The minimum Gasteiger partial charge on any atom is -0.493 e. The van der Waals surface area contributed by atoms with Crippen LogP contribution in [0.2, 0.25) is 0 Å². The van der Waals surface area contributed by atoms with Gasteiger partial charge in [-0.2, -0.15) is 0 Å². The Hall–Kier alpha value is -1.24. The molecule has 5 nitrogen and oxygen atoms in total. The van der Waals surface area contributed by atoms with E-state index >= 15 is 0 Å². The molecule has 0 bridgehead atoms. The standard InChI is InChI=1S/C16H23BO5/c1-16(2)10-20-17(21-11-16)12-6-7-13(18-3)14(9-12)22-15-5-4-8-19-15/h6-7,9,15H,4-5,8,10-11H2,1-3H3. The predicted molar refractivity (Wildman–Crippen MR) is 83.7 cm³/mol. The van der Waals surface area contributed by atoms with Crippen molar-refractivity contribution in [3.63, 3.8) is 0 Å². The molecule has 0 radical (unpaired) electrons. The van der Waals surface area contributed by atoms with Crippen LogP contribution in [0.25, 0.3) is 0 Å². The monoisotopic (exact) mass is 306 g/mol. The van der Waals surface area contributed by atoms with Gasteiger partial charge in [0.25, 0.3) is 0 Å². The van der Waals surface area contributed by atoms with Crippen LogP contribution < -0.4 is 14.9 Å². The molecule has 0 aliphatic carbocycles. The first-order valence-corrected chi connectivity index (χ1v) is 7.77. The zero-order valence-corrected chi connectivity index (χ0v) is 13.5. The third-order valence-corrected chi connectivity index (χ3v) is 3.86. The fourth-order valence-corrected chi connectivity index (χ4v) is 2.60. The first-order valence-electron chi connectivity index (χ1n) is 7.77. The van der Waals surface area contributed by atoms with Crippen LogP contribution in [0.4, 0.5) is 0 Å². The summed E-state index contributed by atoms with van der Waals surface area (Å²) in [5, 5.41) is 0. The third-order valence-electron chi connectivity index (χ3n) is 3.86. The van der Waals surface area contributed by atoms with E-state index in [0.29, 0.717) is 24.7 Å². The first-order chi connectivity index (χ1) is 10.6. The minimum atomic E-state index is -0.356. The van der Waals surface area contributed by atoms with Gasteiger partial charge in [0.05, 0.1) is 13.7 Å². The third kappa shape index (κ3) is 3.56. The summed E-state index contributed by atoms with van der Waals surface area (Å²) >= 11 is 0. The van der Waals surface area contributed by atoms with Crippen LogP contribution in [-0.4, -0.2) is 40.3 Å². The molecule has 0 amide bonds. The molecule has 1 unspecified atom stereocenters. The van der Waals surface area contributed by atoms with Gasteiger partial charge in [0.1, 0.15) is 0 Å². The normalized spacial score (nSPS) is 24.3. The molecule has 2 aliphatic rings. The van der Waals surface area contributed by atoms with Gasteiger partial charge in [-0.25, -0.2) is 0 Å². The molecule has 3 rings (SSSR count). The topological polar surface area (TPSA) is 46.2 Å². The molecule has 0 aromatic heterocycles. The van der Waals surface area contributed by atoms with Crippen molar-refractivity contribution in [1.82, 2.24) is 0 Å². The molecule has 2 heterocycles. The molecule has 1 atom stereocenters. The van der Waals surface area contributed by atoms with Crippen LogP contribution in [0.5, 0.6) is 11.5 Å². The highest BCUT2D eigenvalue weighted by Crippen LogP contribution is 2.29. The maximum Gasteiger partial charge on any atom is 0.494 e. The van der Waals surface area contributed by atoms with E-state index in [9.17, 15) is 0 Å².